The maximum Gasteiger partial charge on any atom is 0.211 e. The molecule has 10 heavy (non-hydrogen) atoms. The predicted molar refractivity (Wildman–Crippen MR) is 39.8 cm³/mol. The zero-order chi connectivity index (χ0) is 7.61. The van der Waals surface area contributed by atoms with Crippen molar-refractivity contribution in [2.45, 2.75) is 36.3 Å². The maximum atomic E-state index is 9.43. The van der Waals surface area contributed by atoms with E-state index in [0.717, 1.165) is 19.3 Å². The summed E-state index contributed by atoms with van der Waals surface area (Å²) in [5, 5.41) is 17.8. The quantitative estimate of drug-likeness (QED) is 0.299. The van der Waals surface area contributed by atoms with Crippen molar-refractivity contribution in [1.82, 2.24) is 0 Å². The highest BCUT2D eigenvalue weighted by atomic mass is 79.9. The van der Waals surface area contributed by atoms with Crippen LogP contribution in [0.4, 0.5) is 0 Å². The lowest BCUT2D eigenvalue weighted by Crippen LogP contribution is -2.43. The van der Waals surface area contributed by atoms with Gasteiger partial charge in [0.25, 0.3) is 0 Å². The van der Waals surface area contributed by atoms with Gasteiger partial charge < -0.3 is 5.11 Å². The summed E-state index contributed by atoms with van der Waals surface area (Å²) in [4.78, 5) is 3.86. The summed E-state index contributed by atoms with van der Waals surface area (Å²) in [6.45, 7) is 0. The first-order chi connectivity index (χ1) is 4.69. The Balaban J connectivity index is 2.54. The topological polar surface area (TPSA) is 49.7 Å². The molecule has 0 aromatic heterocycles. The minimum Gasteiger partial charge on any atom is -0.362 e. The molecule has 60 valence electrons. The van der Waals surface area contributed by atoms with Crippen LogP contribution in [-0.4, -0.2) is 21.0 Å². The van der Waals surface area contributed by atoms with Gasteiger partial charge in [0.15, 0.2) is 0 Å². The monoisotopic (exact) mass is 210 g/mol. The molecule has 0 aliphatic heterocycles. The summed E-state index contributed by atoms with van der Waals surface area (Å²) in [5.74, 6) is -1.35. The van der Waals surface area contributed by atoms with Crippen molar-refractivity contribution in [2.75, 3.05) is 0 Å². The van der Waals surface area contributed by atoms with Crippen LogP contribution in [0.15, 0.2) is 0 Å². The minimum atomic E-state index is -1.35. The molecule has 0 spiro atoms. The van der Waals surface area contributed by atoms with Crippen molar-refractivity contribution >= 4 is 15.9 Å². The van der Waals surface area contributed by atoms with E-state index in [0.29, 0.717) is 6.42 Å². The Morgan fingerprint density at radius 1 is 1.50 bits per heavy atom. The van der Waals surface area contributed by atoms with Gasteiger partial charge in [0.05, 0.1) is 4.83 Å². The van der Waals surface area contributed by atoms with Crippen LogP contribution in [0.5, 0.6) is 0 Å². The first kappa shape index (κ1) is 8.46. The Labute approximate surface area is 68.1 Å². The highest BCUT2D eigenvalue weighted by Gasteiger charge is 2.38. The molecule has 2 atom stereocenters. The lowest BCUT2D eigenvalue weighted by molar-refractivity contribution is -0.396. The van der Waals surface area contributed by atoms with Crippen LogP contribution in [0.1, 0.15) is 25.7 Å². The van der Waals surface area contributed by atoms with E-state index in [-0.39, 0.29) is 4.83 Å². The molecule has 0 amide bonds. The number of hydrogen-bond acceptors (Lipinski definition) is 3. The summed E-state index contributed by atoms with van der Waals surface area (Å²) >= 11 is 3.24. The van der Waals surface area contributed by atoms with Gasteiger partial charge in [0.2, 0.25) is 5.79 Å². The molecule has 4 heteroatoms. The highest BCUT2D eigenvalue weighted by molar-refractivity contribution is 9.09. The Morgan fingerprint density at radius 3 is 2.60 bits per heavy atom. The third-order valence-electron chi connectivity index (χ3n) is 1.89. The molecular formula is C6H11BrO3. The van der Waals surface area contributed by atoms with E-state index in [1.807, 2.05) is 0 Å². The second-order valence-corrected chi connectivity index (χ2v) is 3.75. The van der Waals surface area contributed by atoms with Gasteiger partial charge in [-0.25, -0.2) is 10.1 Å². The molecule has 0 heterocycles. The molecule has 1 fully saturated rings. The second-order valence-electron chi connectivity index (χ2n) is 2.65. The van der Waals surface area contributed by atoms with Crippen molar-refractivity contribution in [2.24, 2.45) is 0 Å². The lowest BCUT2D eigenvalue weighted by Gasteiger charge is -2.32. The first-order valence-electron chi connectivity index (χ1n) is 3.38. The zero-order valence-electron chi connectivity index (χ0n) is 5.59. The largest absolute Gasteiger partial charge is 0.362 e. The van der Waals surface area contributed by atoms with Gasteiger partial charge in [0.1, 0.15) is 0 Å². The fraction of sp³-hybridized carbons (Fsp3) is 1.00. The molecule has 1 saturated carbocycles. The molecule has 1 aliphatic carbocycles. The van der Waals surface area contributed by atoms with Gasteiger partial charge in [-0.15, -0.1) is 0 Å². The molecule has 3 nitrogen and oxygen atoms in total. The number of alkyl halides is 1. The van der Waals surface area contributed by atoms with E-state index in [1.54, 1.807) is 0 Å². The van der Waals surface area contributed by atoms with Crippen molar-refractivity contribution in [3.05, 3.63) is 0 Å². The van der Waals surface area contributed by atoms with E-state index in [2.05, 4.69) is 20.8 Å². The SMILES string of the molecule is OOC1(O)CCCCC1Br. The Hall–Kier alpha value is 0.360. The van der Waals surface area contributed by atoms with Gasteiger partial charge in [0, 0.05) is 6.42 Å². The van der Waals surface area contributed by atoms with Gasteiger partial charge in [-0.1, -0.05) is 22.4 Å². The van der Waals surface area contributed by atoms with Crippen LogP contribution in [0, 0.1) is 0 Å². The Kier molecular flexibility index (Phi) is 2.68. The zero-order valence-corrected chi connectivity index (χ0v) is 7.17. The molecule has 1 aliphatic rings. The molecule has 0 aromatic rings. The van der Waals surface area contributed by atoms with E-state index in [1.165, 1.54) is 0 Å². The molecule has 0 aromatic carbocycles. The second kappa shape index (κ2) is 3.17. The van der Waals surface area contributed by atoms with Crippen molar-refractivity contribution in [3.8, 4) is 0 Å². The fourth-order valence-electron chi connectivity index (χ4n) is 1.19. The Bertz CT molecular complexity index is 120. The summed E-state index contributed by atoms with van der Waals surface area (Å²) < 4.78 is 0. The molecule has 0 saturated heterocycles. The molecule has 1 rings (SSSR count). The summed E-state index contributed by atoms with van der Waals surface area (Å²) in [5.41, 5.74) is 0. The molecule has 2 N–H and O–H groups in total. The lowest BCUT2D eigenvalue weighted by atomic mass is 9.94. The summed E-state index contributed by atoms with van der Waals surface area (Å²) in [7, 11) is 0. The van der Waals surface area contributed by atoms with E-state index < -0.39 is 5.79 Å². The predicted octanol–water partition coefficient (Wildman–Crippen LogP) is 1.50. The van der Waals surface area contributed by atoms with Crippen molar-refractivity contribution in [3.63, 3.8) is 0 Å². The van der Waals surface area contributed by atoms with Gasteiger partial charge in [-0.3, -0.25) is 0 Å². The van der Waals surface area contributed by atoms with Crippen LogP contribution >= 0.6 is 15.9 Å². The van der Waals surface area contributed by atoms with Crippen LogP contribution in [0.25, 0.3) is 0 Å². The van der Waals surface area contributed by atoms with Crippen LogP contribution in [0.2, 0.25) is 0 Å². The summed E-state index contributed by atoms with van der Waals surface area (Å²) in [6.07, 6.45) is 3.32. The van der Waals surface area contributed by atoms with E-state index in [4.69, 9.17) is 5.26 Å². The third kappa shape index (κ3) is 1.50. The van der Waals surface area contributed by atoms with Gasteiger partial charge >= 0.3 is 0 Å². The third-order valence-corrected chi connectivity index (χ3v) is 3.06. The number of rotatable bonds is 1. The smallest absolute Gasteiger partial charge is 0.211 e. The van der Waals surface area contributed by atoms with Crippen LogP contribution in [0.3, 0.4) is 0 Å². The van der Waals surface area contributed by atoms with Crippen LogP contribution < -0.4 is 0 Å². The van der Waals surface area contributed by atoms with Crippen LogP contribution in [-0.2, 0) is 4.89 Å². The highest BCUT2D eigenvalue weighted by Crippen LogP contribution is 2.33. The van der Waals surface area contributed by atoms with Gasteiger partial charge in [-0.05, 0) is 12.8 Å². The molecule has 0 bridgehead atoms. The fourth-order valence-corrected chi connectivity index (χ4v) is 1.82. The first-order valence-corrected chi connectivity index (χ1v) is 4.29. The molecule has 2 unspecified atom stereocenters. The van der Waals surface area contributed by atoms with E-state index in [9.17, 15) is 5.11 Å². The number of aliphatic hydroxyl groups is 1. The average molecular weight is 211 g/mol. The Morgan fingerprint density at radius 2 is 2.20 bits per heavy atom. The number of hydrogen-bond donors (Lipinski definition) is 2. The normalized spacial score (nSPS) is 41.7. The average Bonchev–Trinajstić information content (AvgIpc) is 1.96. The standard InChI is InChI=1S/C6H11BrO3/c7-5-3-1-2-4-6(5,8)10-9/h5,8-9H,1-4H2. The molecule has 0 radical (unpaired) electrons. The van der Waals surface area contributed by atoms with E-state index >= 15 is 0 Å². The van der Waals surface area contributed by atoms with Crippen molar-refractivity contribution in [1.29, 1.82) is 0 Å². The van der Waals surface area contributed by atoms with Gasteiger partial charge in [-0.2, -0.15) is 0 Å². The molecular weight excluding hydrogens is 200 g/mol. The minimum absolute atomic E-state index is 0.140. The number of halogens is 1. The maximum absolute atomic E-state index is 9.43. The summed E-state index contributed by atoms with van der Waals surface area (Å²) in [6, 6.07) is 0. The van der Waals surface area contributed by atoms with Crippen molar-refractivity contribution < 1.29 is 15.3 Å².